The lowest BCUT2D eigenvalue weighted by atomic mass is 10.2. The van der Waals surface area contributed by atoms with Crippen molar-refractivity contribution in [1.82, 2.24) is 9.29 Å². The molecule has 0 saturated carbocycles. The Hall–Kier alpha value is -0.990. The van der Waals surface area contributed by atoms with Gasteiger partial charge in [-0.1, -0.05) is 0 Å². The molecule has 1 aromatic heterocycles. The van der Waals surface area contributed by atoms with Crippen LogP contribution in [0.5, 0.6) is 0 Å². The Balaban J connectivity index is 2.09. The number of carbonyl (C=O) groups excluding carboxylic acids is 1. The highest BCUT2D eigenvalue weighted by molar-refractivity contribution is 7.88. The Morgan fingerprint density at radius 3 is 3.00 bits per heavy atom. The molecule has 17 heavy (non-hydrogen) atoms. The fourth-order valence-corrected chi connectivity index (χ4v) is 3.53. The van der Waals surface area contributed by atoms with Crippen LogP contribution >= 0.6 is 11.3 Å². The second kappa shape index (κ2) is 4.71. The van der Waals surface area contributed by atoms with Gasteiger partial charge in [-0.2, -0.15) is 4.31 Å². The number of nitrogens with one attached hydrogen (secondary N) is 1. The Morgan fingerprint density at radius 1 is 1.65 bits per heavy atom. The van der Waals surface area contributed by atoms with Crippen LogP contribution in [0.4, 0.5) is 5.13 Å². The first-order valence-corrected chi connectivity index (χ1v) is 7.88. The molecule has 1 N–H and O–H groups in total. The standard InChI is InChI=1S/C9H13N3O3S2/c1-17(14,15)12-5-2-3-7(12)8(13)11-9-10-4-6-16-9/h4,6-7H,2-3,5H2,1H3,(H,10,11,13). The average molecular weight is 275 g/mol. The number of nitrogens with zero attached hydrogens (tertiary/aromatic N) is 2. The summed E-state index contributed by atoms with van der Waals surface area (Å²) in [6.45, 7) is 0.411. The number of thiazole rings is 1. The molecule has 6 nitrogen and oxygen atoms in total. The van der Waals surface area contributed by atoms with E-state index >= 15 is 0 Å². The quantitative estimate of drug-likeness (QED) is 0.871. The van der Waals surface area contributed by atoms with Crippen molar-refractivity contribution in [2.75, 3.05) is 18.1 Å². The van der Waals surface area contributed by atoms with Gasteiger partial charge >= 0.3 is 0 Å². The lowest BCUT2D eigenvalue weighted by Gasteiger charge is -2.20. The number of rotatable bonds is 3. The summed E-state index contributed by atoms with van der Waals surface area (Å²) in [4.78, 5) is 15.9. The van der Waals surface area contributed by atoms with Crippen LogP contribution in [0.2, 0.25) is 0 Å². The van der Waals surface area contributed by atoms with Gasteiger partial charge in [0.25, 0.3) is 0 Å². The molecular formula is C9H13N3O3S2. The summed E-state index contributed by atoms with van der Waals surface area (Å²) in [6.07, 6.45) is 3.98. The molecule has 8 heteroatoms. The Labute approximate surface area is 104 Å². The van der Waals surface area contributed by atoms with Crippen LogP contribution < -0.4 is 5.32 Å². The number of aromatic nitrogens is 1. The summed E-state index contributed by atoms with van der Waals surface area (Å²) in [7, 11) is -3.32. The van der Waals surface area contributed by atoms with Gasteiger partial charge in [-0.15, -0.1) is 11.3 Å². The molecule has 1 fully saturated rings. The predicted octanol–water partition coefficient (Wildman–Crippen LogP) is 0.506. The highest BCUT2D eigenvalue weighted by atomic mass is 32.2. The summed E-state index contributed by atoms with van der Waals surface area (Å²) >= 11 is 1.31. The highest BCUT2D eigenvalue weighted by Crippen LogP contribution is 2.22. The number of hydrogen-bond donors (Lipinski definition) is 1. The summed E-state index contributed by atoms with van der Waals surface area (Å²) in [5.74, 6) is -0.303. The van der Waals surface area contributed by atoms with E-state index in [1.54, 1.807) is 11.6 Å². The first-order valence-electron chi connectivity index (χ1n) is 5.15. The van der Waals surface area contributed by atoms with Gasteiger partial charge in [0.2, 0.25) is 15.9 Å². The largest absolute Gasteiger partial charge is 0.301 e. The normalized spacial score (nSPS) is 21.6. The van der Waals surface area contributed by atoms with Crippen molar-refractivity contribution in [3.63, 3.8) is 0 Å². The van der Waals surface area contributed by atoms with Crippen molar-refractivity contribution in [1.29, 1.82) is 0 Å². The second-order valence-electron chi connectivity index (χ2n) is 3.86. The summed E-state index contributed by atoms with van der Waals surface area (Å²) in [5, 5.41) is 4.87. The van der Waals surface area contributed by atoms with Crippen LogP contribution in [0.1, 0.15) is 12.8 Å². The van der Waals surface area contributed by atoms with Crippen LogP contribution in [-0.2, 0) is 14.8 Å². The van der Waals surface area contributed by atoms with E-state index in [0.29, 0.717) is 24.5 Å². The van der Waals surface area contributed by atoms with Gasteiger partial charge in [-0.05, 0) is 12.8 Å². The first kappa shape index (κ1) is 12.5. The molecule has 1 atom stereocenters. The third-order valence-corrected chi connectivity index (χ3v) is 4.57. The first-order chi connectivity index (χ1) is 7.98. The highest BCUT2D eigenvalue weighted by Gasteiger charge is 2.36. The third kappa shape index (κ3) is 2.82. The zero-order chi connectivity index (χ0) is 12.5. The number of carbonyl (C=O) groups is 1. The smallest absolute Gasteiger partial charge is 0.244 e. The van der Waals surface area contributed by atoms with E-state index in [1.807, 2.05) is 0 Å². The summed E-state index contributed by atoms with van der Waals surface area (Å²) < 4.78 is 24.2. The average Bonchev–Trinajstić information content (AvgIpc) is 2.85. The van der Waals surface area contributed by atoms with E-state index in [9.17, 15) is 13.2 Å². The number of sulfonamides is 1. The fourth-order valence-electron chi connectivity index (χ4n) is 1.87. The molecule has 0 aliphatic carbocycles. The molecule has 1 aromatic rings. The minimum absolute atomic E-state index is 0.303. The van der Waals surface area contributed by atoms with E-state index in [0.717, 1.165) is 6.26 Å². The van der Waals surface area contributed by atoms with Gasteiger partial charge in [0.05, 0.1) is 6.26 Å². The molecule has 0 spiro atoms. The van der Waals surface area contributed by atoms with E-state index < -0.39 is 16.1 Å². The molecule has 1 aliphatic heterocycles. The molecule has 1 saturated heterocycles. The van der Waals surface area contributed by atoms with Gasteiger partial charge in [0.15, 0.2) is 5.13 Å². The van der Waals surface area contributed by atoms with Crippen molar-refractivity contribution in [3.05, 3.63) is 11.6 Å². The van der Waals surface area contributed by atoms with E-state index in [4.69, 9.17) is 0 Å². The molecule has 0 radical (unpaired) electrons. The minimum Gasteiger partial charge on any atom is -0.301 e. The topological polar surface area (TPSA) is 79.4 Å². The van der Waals surface area contributed by atoms with Crippen molar-refractivity contribution in [2.24, 2.45) is 0 Å². The Kier molecular flexibility index (Phi) is 3.45. The number of anilines is 1. The van der Waals surface area contributed by atoms with Crippen LogP contribution in [-0.4, -0.2) is 42.5 Å². The minimum atomic E-state index is -3.32. The maximum absolute atomic E-state index is 11.9. The molecule has 1 aliphatic rings. The number of amides is 1. The van der Waals surface area contributed by atoms with Gasteiger partial charge in [-0.25, -0.2) is 13.4 Å². The van der Waals surface area contributed by atoms with Crippen LogP contribution in [0.3, 0.4) is 0 Å². The zero-order valence-corrected chi connectivity index (χ0v) is 10.9. The lowest BCUT2D eigenvalue weighted by molar-refractivity contribution is -0.119. The summed E-state index contributed by atoms with van der Waals surface area (Å²) in [5.41, 5.74) is 0. The Bertz CT molecular complexity index is 498. The van der Waals surface area contributed by atoms with Crippen molar-refractivity contribution in [3.8, 4) is 0 Å². The predicted molar refractivity (Wildman–Crippen MR) is 65.3 cm³/mol. The molecule has 0 aromatic carbocycles. The molecule has 0 bridgehead atoms. The molecule has 2 heterocycles. The summed E-state index contributed by atoms with van der Waals surface area (Å²) in [6, 6.07) is -0.603. The van der Waals surface area contributed by atoms with Crippen LogP contribution in [0.15, 0.2) is 11.6 Å². The van der Waals surface area contributed by atoms with E-state index in [2.05, 4.69) is 10.3 Å². The maximum atomic E-state index is 11.9. The van der Waals surface area contributed by atoms with E-state index in [1.165, 1.54) is 15.6 Å². The second-order valence-corrected chi connectivity index (χ2v) is 6.69. The van der Waals surface area contributed by atoms with Gasteiger partial charge in [0.1, 0.15) is 6.04 Å². The monoisotopic (exact) mass is 275 g/mol. The van der Waals surface area contributed by atoms with Crippen molar-refractivity contribution in [2.45, 2.75) is 18.9 Å². The Morgan fingerprint density at radius 2 is 2.41 bits per heavy atom. The molecule has 2 rings (SSSR count). The van der Waals surface area contributed by atoms with Crippen LogP contribution in [0.25, 0.3) is 0 Å². The molecule has 94 valence electrons. The van der Waals surface area contributed by atoms with Gasteiger partial charge < -0.3 is 5.32 Å². The molecule has 1 unspecified atom stereocenters. The zero-order valence-electron chi connectivity index (χ0n) is 9.29. The maximum Gasteiger partial charge on any atom is 0.244 e. The lowest BCUT2D eigenvalue weighted by Crippen LogP contribution is -2.42. The molecular weight excluding hydrogens is 262 g/mol. The van der Waals surface area contributed by atoms with Gasteiger partial charge in [0, 0.05) is 18.1 Å². The van der Waals surface area contributed by atoms with Crippen molar-refractivity contribution < 1.29 is 13.2 Å². The van der Waals surface area contributed by atoms with Crippen molar-refractivity contribution >= 4 is 32.4 Å². The molecule has 1 amide bonds. The van der Waals surface area contributed by atoms with Gasteiger partial charge in [-0.3, -0.25) is 4.79 Å². The third-order valence-electron chi connectivity index (χ3n) is 2.59. The van der Waals surface area contributed by atoms with E-state index in [-0.39, 0.29) is 5.91 Å². The van der Waals surface area contributed by atoms with Crippen LogP contribution in [0, 0.1) is 0 Å². The fraction of sp³-hybridized carbons (Fsp3) is 0.556. The number of hydrogen-bond acceptors (Lipinski definition) is 5. The SMILES string of the molecule is CS(=O)(=O)N1CCCC1C(=O)Nc1nccs1.